The molecule has 13 heteroatoms. The number of anilines is 3. The molecule has 2 aliphatic heterocycles. The van der Waals surface area contributed by atoms with E-state index in [9.17, 15) is 14.7 Å². The molecule has 2 fully saturated rings. The summed E-state index contributed by atoms with van der Waals surface area (Å²) in [4.78, 5) is 41.0. The Morgan fingerprint density at radius 2 is 1.78 bits per heavy atom. The SMILES string of the molecule is Cc1cc(N2CCN(C3COC3)CC2)cnc1Nc1cc(-c2ccnc(-n3ncc4c(C(C)(C)C)ccc(F)c4c3=O)c2CO)cn(C)c1=O. The highest BCUT2D eigenvalue weighted by molar-refractivity contribution is 5.86. The molecule has 0 atom stereocenters. The van der Waals surface area contributed by atoms with Gasteiger partial charge in [0.15, 0.2) is 5.82 Å². The molecule has 12 nitrogen and oxygen atoms in total. The Labute approximate surface area is 288 Å². The fourth-order valence-electron chi connectivity index (χ4n) is 6.83. The molecule has 0 amide bonds. The van der Waals surface area contributed by atoms with E-state index in [0.29, 0.717) is 33.9 Å². The third-order valence-electron chi connectivity index (χ3n) is 9.73. The highest BCUT2D eigenvalue weighted by atomic mass is 19.1. The van der Waals surface area contributed by atoms with Gasteiger partial charge in [-0.3, -0.25) is 14.5 Å². The van der Waals surface area contributed by atoms with Crippen LogP contribution < -0.4 is 21.3 Å². The molecule has 260 valence electrons. The largest absolute Gasteiger partial charge is 0.392 e. The minimum absolute atomic E-state index is 0.0655. The van der Waals surface area contributed by atoms with Gasteiger partial charge in [0.25, 0.3) is 11.1 Å². The number of hydrogen-bond acceptors (Lipinski definition) is 10. The van der Waals surface area contributed by atoms with Gasteiger partial charge in [-0.05, 0) is 53.3 Å². The highest BCUT2D eigenvalue weighted by Crippen LogP contribution is 2.32. The van der Waals surface area contributed by atoms with Crippen LogP contribution in [-0.4, -0.2) is 79.8 Å². The molecule has 1 aromatic carbocycles. The van der Waals surface area contributed by atoms with Crippen molar-refractivity contribution in [3.8, 4) is 16.9 Å². The van der Waals surface area contributed by atoms with Crippen molar-refractivity contribution in [2.75, 3.05) is 49.6 Å². The number of rotatable bonds is 7. The summed E-state index contributed by atoms with van der Waals surface area (Å²) in [5, 5.41) is 18.6. The molecule has 0 radical (unpaired) electrons. The van der Waals surface area contributed by atoms with Crippen LogP contribution >= 0.6 is 0 Å². The number of piperazine rings is 1. The van der Waals surface area contributed by atoms with Gasteiger partial charge < -0.3 is 24.6 Å². The number of ether oxygens (including phenoxy) is 1. The van der Waals surface area contributed by atoms with E-state index < -0.39 is 18.0 Å². The molecule has 5 aromatic rings. The van der Waals surface area contributed by atoms with Crippen molar-refractivity contribution < 1.29 is 14.2 Å². The smallest absolute Gasteiger partial charge is 0.283 e. The summed E-state index contributed by atoms with van der Waals surface area (Å²) >= 11 is 0. The van der Waals surface area contributed by atoms with Gasteiger partial charge in [0, 0.05) is 62.1 Å². The van der Waals surface area contributed by atoms with Crippen molar-refractivity contribution in [1.82, 2.24) is 29.2 Å². The number of hydrogen-bond donors (Lipinski definition) is 2. The predicted octanol–water partition coefficient (Wildman–Crippen LogP) is 4.04. The maximum atomic E-state index is 15.2. The number of aromatic nitrogens is 5. The zero-order chi connectivity index (χ0) is 35.3. The number of aryl methyl sites for hydroxylation is 2. The molecule has 6 heterocycles. The van der Waals surface area contributed by atoms with Crippen LogP contribution in [0, 0.1) is 12.7 Å². The molecule has 2 N–H and O–H groups in total. The first-order valence-electron chi connectivity index (χ1n) is 16.8. The normalized spacial score (nSPS) is 15.8. The number of halogens is 1. The number of aliphatic hydroxyl groups excluding tert-OH is 1. The lowest BCUT2D eigenvalue weighted by molar-refractivity contribution is -0.0660. The number of fused-ring (bicyclic) bond motifs is 1. The van der Waals surface area contributed by atoms with E-state index in [1.807, 2.05) is 33.9 Å². The summed E-state index contributed by atoms with van der Waals surface area (Å²) in [5.74, 6) is -0.0472. The summed E-state index contributed by atoms with van der Waals surface area (Å²) in [6.45, 7) is 12.8. The van der Waals surface area contributed by atoms with Crippen molar-refractivity contribution >= 4 is 28.0 Å². The van der Waals surface area contributed by atoms with Gasteiger partial charge in [-0.2, -0.15) is 9.78 Å². The minimum atomic E-state index is -0.687. The second-order valence-corrected chi connectivity index (χ2v) is 14.1. The van der Waals surface area contributed by atoms with Crippen LogP contribution in [0.2, 0.25) is 0 Å². The zero-order valence-corrected chi connectivity index (χ0v) is 28.9. The van der Waals surface area contributed by atoms with E-state index in [2.05, 4.69) is 31.3 Å². The van der Waals surface area contributed by atoms with Crippen molar-refractivity contribution in [1.29, 1.82) is 0 Å². The van der Waals surface area contributed by atoms with Crippen molar-refractivity contribution in [2.45, 2.75) is 45.8 Å². The Morgan fingerprint density at radius 1 is 1.02 bits per heavy atom. The van der Waals surface area contributed by atoms with Crippen LogP contribution in [-0.2, 0) is 23.8 Å². The summed E-state index contributed by atoms with van der Waals surface area (Å²) in [7, 11) is 1.64. The third-order valence-corrected chi connectivity index (χ3v) is 9.73. The molecule has 50 heavy (non-hydrogen) atoms. The lowest BCUT2D eigenvalue weighted by atomic mass is 9.84. The first-order valence-corrected chi connectivity index (χ1v) is 16.8. The van der Waals surface area contributed by atoms with Crippen LogP contribution in [0.5, 0.6) is 0 Å². The second-order valence-electron chi connectivity index (χ2n) is 14.1. The topological polar surface area (TPSA) is 131 Å². The number of nitrogens with one attached hydrogen (secondary N) is 1. The van der Waals surface area contributed by atoms with E-state index in [4.69, 9.17) is 9.72 Å². The predicted molar refractivity (Wildman–Crippen MR) is 191 cm³/mol. The molecule has 0 aliphatic carbocycles. The quantitative estimate of drug-likeness (QED) is 0.260. The van der Waals surface area contributed by atoms with E-state index in [-0.39, 0.29) is 27.9 Å². The second kappa shape index (κ2) is 13.0. The van der Waals surface area contributed by atoms with E-state index >= 15 is 4.39 Å². The lowest BCUT2D eigenvalue weighted by Gasteiger charge is -2.43. The van der Waals surface area contributed by atoms with Gasteiger partial charge in [0.2, 0.25) is 0 Å². The number of aliphatic hydroxyl groups is 1. The minimum Gasteiger partial charge on any atom is -0.392 e. The molecule has 0 unspecified atom stereocenters. The fourth-order valence-corrected chi connectivity index (χ4v) is 6.83. The van der Waals surface area contributed by atoms with Gasteiger partial charge >= 0.3 is 0 Å². The number of pyridine rings is 3. The van der Waals surface area contributed by atoms with Gasteiger partial charge in [-0.15, -0.1) is 0 Å². The Hall–Kier alpha value is -4.98. The summed E-state index contributed by atoms with van der Waals surface area (Å²) in [6.07, 6.45) is 6.44. The van der Waals surface area contributed by atoms with Crippen LogP contribution in [0.1, 0.15) is 37.5 Å². The molecule has 0 spiro atoms. The van der Waals surface area contributed by atoms with Crippen LogP contribution in [0.25, 0.3) is 27.7 Å². The first kappa shape index (κ1) is 33.5. The van der Waals surface area contributed by atoms with Gasteiger partial charge in [-0.1, -0.05) is 26.8 Å². The maximum Gasteiger partial charge on any atom is 0.283 e. The average Bonchev–Trinajstić information content (AvgIpc) is 3.06. The van der Waals surface area contributed by atoms with Gasteiger partial charge in [0.1, 0.15) is 17.3 Å². The average molecular weight is 681 g/mol. The highest BCUT2D eigenvalue weighted by Gasteiger charge is 2.29. The lowest BCUT2D eigenvalue weighted by Crippen LogP contribution is -2.56. The summed E-state index contributed by atoms with van der Waals surface area (Å²) in [6, 6.07) is 8.95. The van der Waals surface area contributed by atoms with Crippen molar-refractivity contribution in [2.24, 2.45) is 7.05 Å². The fraction of sp³-hybridized carbons (Fsp3) is 0.378. The molecule has 2 aliphatic rings. The van der Waals surface area contributed by atoms with Crippen molar-refractivity contribution in [3.63, 3.8) is 0 Å². The van der Waals surface area contributed by atoms with Crippen LogP contribution in [0.3, 0.4) is 0 Å². The maximum absolute atomic E-state index is 15.2. The monoisotopic (exact) mass is 680 g/mol. The first-order chi connectivity index (χ1) is 23.9. The molecule has 0 bridgehead atoms. The molecule has 7 rings (SSSR count). The molecular weight excluding hydrogens is 639 g/mol. The Kier molecular flexibility index (Phi) is 8.75. The summed E-state index contributed by atoms with van der Waals surface area (Å²) in [5.41, 5.74) is 3.08. The Balaban J connectivity index is 1.21. The molecule has 4 aromatic heterocycles. The van der Waals surface area contributed by atoms with E-state index in [0.717, 1.165) is 60.9 Å². The molecular formula is C37H41FN8O4. The van der Waals surface area contributed by atoms with Crippen molar-refractivity contribution in [3.05, 3.63) is 98.3 Å². The number of benzene rings is 1. The van der Waals surface area contributed by atoms with E-state index in [1.165, 1.54) is 23.0 Å². The van der Waals surface area contributed by atoms with Crippen LogP contribution in [0.15, 0.2) is 64.7 Å². The number of nitrogens with zero attached hydrogens (tertiary/aromatic N) is 7. The Bertz CT molecular complexity index is 2220. The standard InChI is InChI=1S/C37H41FN8O4/c1-22-14-24(44-10-12-45(13-11-44)25-20-50-21-25)16-40-33(22)42-31-15-23(18-43(5)35(31)48)26-8-9-39-34(28(26)19-47)46-36(49)32-27(17-41-46)29(37(2,3)4)6-7-30(32)38/h6-9,14-18,25,47H,10-13,19-21H2,1-5H3,(H,40,42). The van der Waals surface area contributed by atoms with Gasteiger partial charge in [-0.25, -0.2) is 14.4 Å². The molecule has 2 saturated heterocycles. The summed E-state index contributed by atoms with van der Waals surface area (Å²) < 4.78 is 23.0. The van der Waals surface area contributed by atoms with E-state index in [1.54, 1.807) is 31.4 Å². The van der Waals surface area contributed by atoms with Crippen LogP contribution in [0.4, 0.5) is 21.6 Å². The molecule has 0 saturated carbocycles. The Morgan fingerprint density at radius 3 is 2.44 bits per heavy atom. The third kappa shape index (κ3) is 6.05. The zero-order valence-electron chi connectivity index (χ0n) is 28.9. The van der Waals surface area contributed by atoms with Gasteiger partial charge in [0.05, 0.1) is 49.3 Å².